The molecular formula is C57H77N5O11. The molecule has 0 saturated carbocycles. The number of likely N-dealkylation sites (N-methyl/N-ethyl adjacent to an activating group) is 2. The number of unbranched alkanes of at least 4 members (excludes halogenated alkanes) is 1. The van der Waals surface area contributed by atoms with Crippen LogP contribution >= 0.6 is 0 Å². The van der Waals surface area contributed by atoms with E-state index in [-0.39, 0.29) is 12.6 Å². The van der Waals surface area contributed by atoms with Gasteiger partial charge in [0.2, 0.25) is 6.41 Å². The molecule has 0 bridgehead atoms. The molecular weight excluding hydrogens is 931 g/mol. The van der Waals surface area contributed by atoms with Gasteiger partial charge >= 0.3 is 0 Å². The van der Waals surface area contributed by atoms with E-state index < -0.39 is 0 Å². The predicted octanol–water partition coefficient (Wildman–Crippen LogP) is 8.45. The van der Waals surface area contributed by atoms with E-state index in [1.165, 1.54) is 23.2 Å². The molecule has 0 saturated heterocycles. The summed E-state index contributed by atoms with van der Waals surface area (Å²) in [6, 6.07) is 34.7. The number of fused-ring (bicyclic) bond motifs is 2. The maximum Gasteiger partial charge on any atom is 0.290 e. The van der Waals surface area contributed by atoms with Gasteiger partial charge in [-0.05, 0) is 121 Å². The number of aldehydes is 1. The average molecular weight is 1010 g/mol. The SMILES string of the molecule is CCCCN(CCOCCOCCOC)c1cc(COC)cc(COc2ccc(C=O)cc2OC)c1.CNC[C@@H]1Cc2ccccc2N1C.COc1ccc(N[C@@H]2Cc3ccccc3N2C=O)c(C)c1.O=CO. The lowest BCUT2D eigenvalue weighted by Crippen LogP contribution is -2.37. The lowest BCUT2D eigenvalue weighted by Gasteiger charge is -2.26. The number of rotatable bonds is 26. The van der Waals surface area contributed by atoms with E-state index in [1.807, 2.05) is 50.4 Å². The molecule has 5 aromatic carbocycles. The highest BCUT2D eigenvalue weighted by Crippen LogP contribution is 2.33. The summed E-state index contributed by atoms with van der Waals surface area (Å²) in [6.07, 6.45) is 5.80. The van der Waals surface area contributed by atoms with Gasteiger partial charge in [-0.1, -0.05) is 49.7 Å². The summed E-state index contributed by atoms with van der Waals surface area (Å²) in [5.41, 5.74) is 10.9. The Balaban J connectivity index is 0.000000259. The summed E-state index contributed by atoms with van der Waals surface area (Å²) >= 11 is 0. The van der Waals surface area contributed by atoms with E-state index in [0.29, 0.717) is 69.4 Å². The summed E-state index contributed by atoms with van der Waals surface area (Å²) < 4.78 is 38.3. The first-order valence-electron chi connectivity index (χ1n) is 24.6. The number of nitrogens with one attached hydrogen (secondary N) is 2. The Hall–Kier alpha value is -6.69. The minimum atomic E-state index is -0.250. The van der Waals surface area contributed by atoms with Gasteiger partial charge in [0.15, 0.2) is 11.5 Å². The second-order valence-electron chi connectivity index (χ2n) is 17.3. The molecule has 0 fully saturated rings. The van der Waals surface area contributed by atoms with Crippen LogP contribution in [-0.2, 0) is 54.6 Å². The maximum atomic E-state index is 11.4. The van der Waals surface area contributed by atoms with Gasteiger partial charge in [-0.25, -0.2) is 0 Å². The van der Waals surface area contributed by atoms with Gasteiger partial charge in [-0.15, -0.1) is 0 Å². The maximum absolute atomic E-state index is 11.4. The molecule has 0 spiro atoms. The number of hydrogen-bond donors (Lipinski definition) is 3. The molecule has 2 heterocycles. The number of nitrogens with zero attached hydrogens (tertiary/aromatic N) is 3. The molecule has 5 aromatic rings. The number of para-hydroxylation sites is 2. The van der Waals surface area contributed by atoms with Crippen molar-refractivity contribution in [1.29, 1.82) is 0 Å². The molecule has 7 rings (SSSR count). The van der Waals surface area contributed by atoms with Crippen LogP contribution in [0.25, 0.3) is 0 Å². The molecule has 2 aliphatic heterocycles. The molecule has 0 aliphatic carbocycles. The van der Waals surface area contributed by atoms with E-state index in [9.17, 15) is 9.59 Å². The van der Waals surface area contributed by atoms with Crippen molar-refractivity contribution >= 4 is 41.9 Å². The summed E-state index contributed by atoms with van der Waals surface area (Å²) in [4.78, 5) is 37.3. The fraction of sp³-hybridized carbons (Fsp3) is 0.421. The number of benzene rings is 5. The van der Waals surface area contributed by atoms with Crippen LogP contribution in [0.4, 0.5) is 22.7 Å². The van der Waals surface area contributed by atoms with E-state index in [0.717, 1.165) is 91.1 Å². The molecule has 2 aliphatic rings. The van der Waals surface area contributed by atoms with Gasteiger partial charge in [0.1, 0.15) is 24.8 Å². The first-order valence-corrected chi connectivity index (χ1v) is 24.6. The van der Waals surface area contributed by atoms with Crippen LogP contribution in [0.3, 0.4) is 0 Å². The second-order valence-corrected chi connectivity index (χ2v) is 17.3. The molecule has 1 amide bonds. The van der Waals surface area contributed by atoms with Gasteiger partial charge in [-0.2, -0.15) is 0 Å². The standard InChI is InChI=1S/C28H41NO7.C17H18N2O2.C11H16N2.CH2O2/c1-5-6-9-29(10-11-34-14-15-35-13-12-31-2)26-17-24(21-32-3)16-25(18-26)22-36-27-8-7-23(20-30)19-28(27)33-4;1-12-9-14(21-2)7-8-15(12)18-17-10-13-5-3-4-6-16(13)19(17)11-20;1-12-8-10-7-9-5-3-4-6-11(9)13(10)2;2-1-3/h7-8,16-20H,5-6,9-15,21-22H2,1-4H3;3-9,11,17-18H,10H2,1-2H3;3-6,10,12H,7-8H2,1-2H3;1H,(H,2,3)/t;17-;10-;/m.00./s1. The van der Waals surface area contributed by atoms with Crippen LogP contribution in [0.2, 0.25) is 0 Å². The van der Waals surface area contributed by atoms with E-state index in [2.05, 4.69) is 82.9 Å². The normalized spacial score (nSPS) is 13.9. The van der Waals surface area contributed by atoms with Crippen molar-refractivity contribution in [2.24, 2.45) is 0 Å². The fourth-order valence-corrected chi connectivity index (χ4v) is 8.48. The van der Waals surface area contributed by atoms with Gasteiger partial charge in [0.25, 0.3) is 6.47 Å². The number of carbonyl (C=O) groups is 3. The van der Waals surface area contributed by atoms with Crippen molar-refractivity contribution in [2.45, 2.75) is 65.0 Å². The van der Waals surface area contributed by atoms with E-state index in [4.69, 9.17) is 43.1 Å². The predicted molar refractivity (Wildman–Crippen MR) is 289 cm³/mol. The Morgan fingerprint density at radius 1 is 0.726 bits per heavy atom. The summed E-state index contributed by atoms with van der Waals surface area (Å²) in [5, 5.41) is 13.6. The fourth-order valence-electron chi connectivity index (χ4n) is 8.48. The second kappa shape index (κ2) is 33.1. The van der Waals surface area contributed by atoms with Crippen LogP contribution in [0.5, 0.6) is 17.2 Å². The van der Waals surface area contributed by atoms with Gasteiger partial charge in [-0.3, -0.25) is 19.3 Å². The molecule has 73 heavy (non-hydrogen) atoms. The summed E-state index contributed by atoms with van der Waals surface area (Å²) in [6.45, 7) is 10.5. The van der Waals surface area contributed by atoms with Crippen LogP contribution in [0.15, 0.2) is 103 Å². The van der Waals surface area contributed by atoms with Crippen molar-refractivity contribution in [2.75, 3.05) is 115 Å². The zero-order valence-electron chi connectivity index (χ0n) is 44.0. The number of hydrogen-bond acceptors (Lipinski definition) is 14. The van der Waals surface area contributed by atoms with Crippen LogP contribution in [0.1, 0.15) is 57.9 Å². The third-order valence-electron chi connectivity index (χ3n) is 12.2. The molecule has 2 atom stereocenters. The number of anilines is 4. The molecule has 0 radical (unpaired) electrons. The highest BCUT2D eigenvalue weighted by Gasteiger charge is 2.29. The Bertz CT molecular complexity index is 2400. The van der Waals surface area contributed by atoms with Crippen LogP contribution in [-0.4, -0.2) is 132 Å². The lowest BCUT2D eigenvalue weighted by atomic mass is 10.1. The minimum absolute atomic E-state index is 0.0491. The first-order chi connectivity index (χ1) is 35.6. The molecule has 396 valence electrons. The lowest BCUT2D eigenvalue weighted by molar-refractivity contribution is -0.122. The highest BCUT2D eigenvalue weighted by molar-refractivity contribution is 5.82. The summed E-state index contributed by atoms with van der Waals surface area (Å²) in [5.74, 6) is 1.95. The average Bonchev–Trinajstić information content (AvgIpc) is 3.93. The minimum Gasteiger partial charge on any atom is -0.497 e. The van der Waals surface area contributed by atoms with Crippen molar-refractivity contribution in [3.63, 3.8) is 0 Å². The molecule has 0 aromatic heterocycles. The third-order valence-corrected chi connectivity index (χ3v) is 12.2. The molecule has 16 heteroatoms. The zero-order valence-corrected chi connectivity index (χ0v) is 44.0. The van der Waals surface area contributed by atoms with E-state index in [1.54, 1.807) is 51.5 Å². The van der Waals surface area contributed by atoms with Crippen molar-refractivity contribution in [3.05, 3.63) is 137 Å². The molecule has 0 unspecified atom stereocenters. The van der Waals surface area contributed by atoms with Gasteiger partial charge in [0, 0.05) is 81.7 Å². The van der Waals surface area contributed by atoms with Crippen molar-refractivity contribution in [3.8, 4) is 17.2 Å². The number of carboxylic acid groups (broad SMARTS) is 1. The van der Waals surface area contributed by atoms with E-state index >= 15 is 0 Å². The van der Waals surface area contributed by atoms with Crippen molar-refractivity contribution in [1.82, 2.24) is 5.32 Å². The topological polar surface area (TPSA) is 170 Å². The Kier molecular flexibility index (Phi) is 26.7. The third kappa shape index (κ3) is 18.7. The number of amides is 1. The van der Waals surface area contributed by atoms with Crippen LogP contribution < -0.4 is 39.5 Å². The molecule has 16 nitrogen and oxygen atoms in total. The monoisotopic (exact) mass is 1010 g/mol. The van der Waals surface area contributed by atoms with Gasteiger partial charge < -0.3 is 58.7 Å². The van der Waals surface area contributed by atoms with Gasteiger partial charge in [0.05, 0.1) is 53.9 Å². The smallest absolute Gasteiger partial charge is 0.290 e. The number of carbonyl (C=O) groups excluding carboxylic acids is 2. The number of aryl methyl sites for hydroxylation is 1. The highest BCUT2D eigenvalue weighted by atomic mass is 16.5. The quantitative estimate of drug-likeness (QED) is 0.0356. The summed E-state index contributed by atoms with van der Waals surface area (Å²) in [7, 11) is 10.8. The van der Waals surface area contributed by atoms with Crippen LogP contribution in [0, 0.1) is 6.92 Å². The number of methoxy groups -OCH3 is 4. The Labute approximate surface area is 432 Å². The largest absolute Gasteiger partial charge is 0.497 e. The van der Waals surface area contributed by atoms with Crippen molar-refractivity contribution < 1.29 is 52.6 Å². The Morgan fingerprint density at radius 2 is 1.40 bits per heavy atom. The number of ether oxygens (including phenoxy) is 7. The first kappa shape index (κ1) is 58.9. The Morgan fingerprint density at radius 3 is 2.01 bits per heavy atom. The zero-order chi connectivity index (χ0) is 52.8. The molecule has 3 N–H and O–H groups in total.